The normalized spacial score (nSPS) is 11.5. The van der Waals surface area contributed by atoms with Gasteiger partial charge in [-0.3, -0.25) is 10.4 Å². The molecular weight excluding hydrogens is 286 g/mol. The van der Waals surface area contributed by atoms with E-state index in [-0.39, 0.29) is 0 Å². The van der Waals surface area contributed by atoms with Crippen LogP contribution in [0.2, 0.25) is 0 Å². The maximum atomic E-state index is 8.56. The second kappa shape index (κ2) is 5.99. The third kappa shape index (κ3) is 2.79. The topological polar surface area (TPSA) is 59.5 Å². The monoisotopic (exact) mass is 309 g/mol. The summed E-state index contributed by atoms with van der Waals surface area (Å²) in [7, 11) is 0. The number of nitrogens with one attached hydrogen (secondary N) is 1. The molecule has 0 aliphatic carbocycles. The van der Waals surface area contributed by atoms with Gasteiger partial charge in [-0.05, 0) is 37.0 Å². The first-order chi connectivity index (χ1) is 11.0. The van der Waals surface area contributed by atoms with Crippen molar-refractivity contribution in [3.05, 3.63) is 53.2 Å². The fourth-order valence-corrected chi connectivity index (χ4v) is 2.99. The third-order valence-electron chi connectivity index (χ3n) is 4.27. The second-order valence-electron chi connectivity index (χ2n) is 6.50. The lowest BCUT2D eigenvalue weighted by molar-refractivity contribution is 0.501. The molecule has 3 heterocycles. The Morgan fingerprint density at radius 2 is 2.04 bits per heavy atom. The van der Waals surface area contributed by atoms with Crippen molar-refractivity contribution in [2.24, 2.45) is 5.92 Å². The fraction of sp³-hybridized carbons (Fsp3) is 0.389. The average molecular weight is 309 g/mol. The molecule has 1 N–H and O–H groups in total. The van der Waals surface area contributed by atoms with Gasteiger partial charge in [-0.2, -0.15) is 0 Å². The summed E-state index contributed by atoms with van der Waals surface area (Å²) in [6.07, 6.45) is 5.46. The Kier molecular flexibility index (Phi) is 4.03. The Bertz CT molecular complexity index is 887. The molecule has 5 heteroatoms. The summed E-state index contributed by atoms with van der Waals surface area (Å²) in [5, 5.41) is 9.51. The molecule has 0 aliphatic heterocycles. The van der Waals surface area contributed by atoms with E-state index in [2.05, 4.69) is 48.3 Å². The minimum atomic E-state index is 0.488. The van der Waals surface area contributed by atoms with Gasteiger partial charge in [0, 0.05) is 24.6 Å². The maximum Gasteiger partial charge on any atom is 0.146 e. The zero-order valence-corrected chi connectivity index (χ0v) is 14.2. The number of nitrogens with zero attached hydrogens (tertiary/aromatic N) is 4. The van der Waals surface area contributed by atoms with E-state index >= 15 is 0 Å². The number of hydrogen-bond acceptors (Lipinski definition) is 3. The van der Waals surface area contributed by atoms with Crippen LogP contribution in [-0.2, 0) is 13.1 Å². The summed E-state index contributed by atoms with van der Waals surface area (Å²) < 4.78 is 4.12. The van der Waals surface area contributed by atoms with Crippen LogP contribution >= 0.6 is 0 Å². The zero-order chi connectivity index (χ0) is 16.6. The van der Waals surface area contributed by atoms with Crippen LogP contribution < -0.4 is 5.49 Å². The molecule has 0 radical (unpaired) electrons. The van der Waals surface area contributed by atoms with Gasteiger partial charge in [0.05, 0.1) is 18.3 Å². The lowest BCUT2D eigenvalue weighted by Crippen LogP contribution is -2.23. The summed E-state index contributed by atoms with van der Waals surface area (Å²) in [5.41, 5.74) is 4.87. The summed E-state index contributed by atoms with van der Waals surface area (Å²) in [6, 6.07) is 4.01. The van der Waals surface area contributed by atoms with Gasteiger partial charge in [0.1, 0.15) is 11.1 Å². The van der Waals surface area contributed by atoms with Crippen molar-refractivity contribution >= 4 is 11.0 Å². The van der Waals surface area contributed by atoms with Crippen LogP contribution in [0.25, 0.3) is 11.0 Å². The van der Waals surface area contributed by atoms with Gasteiger partial charge < -0.3 is 9.13 Å². The van der Waals surface area contributed by atoms with Gasteiger partial charge in [0.15, 0.2) is 0 Å². The minimum Gasteiger partial charge on any atom is -0.325 e. The first-order valence-corrected chi connectivity index (χ1v) is 7.97. The predicted molar refractivity (Wildman–Crippen MR) is 91.2 cm³/mol. The van der Waals surface area contributed by atoms with Crippen molar-refractivity contribution in [3.63, 3.8) is 0 Å². The predicted octanol–water partition coefficient (Wildman–Crippen LogP) is 3.03. The van der Waals surface area contributed by atoms with Crippen LogP contribution in [-0.4, -0.2) is 19.1 Å². The summed E-state index contributed by atoms with van der Waals surface area (Å²) >= 11 is 0. The summed E-state index contributed by atoms with van der Waals surface area (Å²) in [5.74, 6) is 0.488. The van der Waals surface area contributed by atoms with Gasteiger partial charge >= 0.3 is 0 Å². The molecule has 0 bridgehead atoms. The third-order valence-corrected chi connectivity index (χ3v) is 4.27. The van der Waals surface area contributed by atoms with Crippen molar-refractivity contribution in [2.45, 2.75) is 40.8 Å². The fourth-order valence-electron chi connectivity index (χ4n) is 2.99. The van der Waals surface area contributed by atoms with E-state index in [0.29, 0.717) is 11.4 Å². The number of aryl methyl sites for hydroxylation is 1. The molecule has 3 aromatic heterocycles. The Morgan fingerprint density at radius 1 is 1.26 bits per heavy atom. The van der Waals surface area contributed by atoms with Crippen LogP contribution in [0.4, 0.5) is 0 Å². The van der Waals surface area contributed by atoms with Crippen LogP contribution in [0.3, 0.4) is 0 Å². The zero-order valence-electron chi connectivity index (χ0n) is 14.2. The van der Waals surface area contributed by atoms with Gasteiger partial charge in [-0.15, -0.1) is 0 Å². The Hall–Kier alpha value is -2.43. The molecule has 0 aromatic carbocycles. The lowest BCUT2D eigenvalue weighted by atomic mass is 10.2. The molecule has 3 aromatic rings. The van der Waals surface area contributed by atoms with E-state index in [1.165, 1.54) is 0 Å². The molecule has 0 unspecified atom stereocenters. The highest BCUT2D eigenvalue weighted by Crippen LogP contribution is 2.21. The molecule has 23 heavy (non-hydrogen) atoms. The van der Waals surface area contributed by atoms with Gasteiger partial charge in [-0.1, -0.05) is 19.9 Å². The highest BCUT2D eigenvalue weighted by atomic mass is 15.1. The Morgan fingerprint density at radius 3 is 2.70 bits per heavy atom. The Balaban J connectivity index is 2.15. The second-order valence-corrected chi connectivity index (χ2v) is 6.50. The van der Waals surface area contributed by atoms with E-state index in [0.717, 1.165) is 40.9 Å². The van der Waals surface area contributed by atoms with Crippen LogP contribution in [0, 0.1) is 25.2 Å². The standard InChI is InChI=1S/C18H23N5/c1-12(2)9-22-11-21-18-16(17(22)19)13(3)14(4)23(18)10-15-6-5-7-20-8-15/h5-8,11-12,19H,9-10H2,1-4H3. The van der Waals surface area contributed by atoms with Gasteiger partial charge in [0.2, 0.25) is 0 Å². The Labute approximate surface area is 136 Å². The smallest absolute Gasteiger partial charge is 0.146 e. The van der Waals surface area contributed by atoms with Gasteiger partial charge in [0.25, 0.3) is 0 Å². The summed E-state index contributed by atoms with van der Waals surface area (Å²) in [4.78, 5) is 8.85. The minimum absolute atomic E-state index is 0.488. The quantitative estimate of drug-likeness (QED) is 0.805. The van der Waals surface area contributed by atoms with E-state index in [1.54, 1.807) is 12.5 Å². The van der Waals surface area contributed by atoms with E-state index in [1.807, 2.05) is 16.8 Å². The molecule has 3 rings (SSSR count). The molecule has 0 spiro atoms. The van der Waals surface area contributed by atoms with E-state index in [9.17, 15) is 0 Å². The first-order valence-electron chi connectivity index (χ1n) is 7.97. The molecule has 0 atom stereocenters. The van der Waals surface area contributed by atoms with Crippen molar-refractivity contribution in [2.75, 3.05) is 0 Å². The molecular formula is C18H23N5. The molecule has 120 valence electrons. The van der Waals surface area contributed by atoms with Crippen molar-refractivity contribution in [1.29, 1.82) is 5.41 Å². The number of aromatic nitrogens is 4. The molecule has 0 saturated carbocycles. The lowest BCUT2D eigenvalue weighted by Gasteiger charge is -2.11. The number of rotatable bonds is 4. The van der Waals surface area contributed by atoms with Crippen LogP contribution in [0.1, 0.15) is 30.7 Å². The molecule has 0 fully saturated rings. The number of fused-ring (bicyclic) bond motifs is 1. The number of pyridine rings is 1. The van der Waals surface area contributed by atoms with Crippen molar-refractivity contribution in [1.82, 2.24) is 19.1 Å². The van der Waals surface area contributed by atoms with Crippen LogP contribution in [0.15, 0.2) is 30.9 Å². The average Bonchev–Trinajstić information content (AvgIpc) is 2.76. The van der Waals surface area contributed by atoms with E-state index in [4.69, 9.17) is 5.41 Å². The SMILES string of the molecule is Cc1c(C)n(Cc2cccnc2)c2ncn(CC(C)C)c(=N)c12. The highest BCUT2D eigenvalue weighted by Gasteiger charge is 2.15. The van der Waals surface area contributed by atoms with E-state index < -0.39 is 0 Å². The molecule has 5 nitrogen and oxygen atoms in total. The summed E-state index contributed by atoms with van der Waals surface area (Å²) in [6.45, 7) is 10.0. The maximum absolute atomic E-state index is 8.56. The largest absolute Gasteiger partial charge is 0.325 e. The highest BCUT2D eigenvalue weighted by molar-refractivity contribution is 5.80. The van der Waals surface area contributed by atoms with Crippen molar-refractivity contribution < 1.29 is 0 Å². The van der Waals surface area contributed by atoms with Gasteiger partial charge in [-0.25, -0.2) is 4.98 Å². The number of hydrogen-bond donors (Lipinski definition) is 1. The first kappa shape index (κ1) is 15.5. The molecule has 0 amide bonds. The van der Waals surface area contributed by atoms with Crippen molar-refractivity contribution in [3.8, 4) is 0 Å². The molecule has 0 saturated heterocycles. The molecule has 0 aliphatic rings. The van der Waals surface area contributed by atoms with Crippen LogP contribution in [0.5, 0.6) is 0 Å².